The number of nitrogens with one attached hydrogen (secondary N) is 2. The maximum absolute atomic E-state index is 12.4. The van der Waals surface area contributed by atoms with E-state index >= 15 is 0 Å². The number of H-pyrrole nitrogens is 1. The van der Waals surface area contributed by atoms with Crippen LogP contribution in [0.25, 0.3) is 10.9 Å². The molecule has 0 radical (unpaired) electrons. The summed E-state index contributed by atoms with van der Waals surface area (Å²) in [4.78, 5) is 38.8. The molecule has 0 aliphatic carbocycles. The monoisotopic (exact) mass is 413 g/mol. The zero-order valence-corrected chi connectivity index (χ0v) is 17.0. The number of benzene rings is 2. The first-order chi connectivity index (χ1) is 14.5. The van der Waals surface area contributed by atoms with E-state index in [9.17, 15) is 14.4 Å². The Hall–Kier alpha value is -3.75. The molecule has 1 aromatic heterocycles. The fraction of sp³-hybridized carbons (Fsp3) is 0.286. The topological polar surface area (TPSA) is 112 Å². The molecule has 2 aromatic carbocycles. The van der Waals surface area contributed by atoms with Gasteiger partial charge in [0, 0.05) is 31.1 Å². The SMILES string of the molecule is COc1cc(OC)c(OC)cc1CNC(=O)CCn1c(=O)[nH]c(=O)c2ccccc21. The van der Waals surface area contributed by atoms with Gasteiger partial charge in [-0.1, -0.05) is 12.1 Å². The maximum atomic E-state index is 12.4. The predicted molar refractivity (Wildman–Crippen MR) is 111 cm³/mol. The molecule has 0 saturated carbocycles. The molecule has 0 atom stereocenters. The van der Waals surface area contributed by atoms with Crippen molar-refractivity contribution in [2.75, 3.05) is 21.3 Å². The summed E-state index contributed by atoms with van der Waals surface area (Å²) in [7, 11) is 4.58. The van der Waals surface area contributed by atoms with Gasteiger partial charge in [0.1, 0.15) is 5.75 Å². The number of nitrogens with zero attached hydrogens (tertiary/aromatic N) is 1. The largest absolute Gasteiger partial charge is 0.496 e. The van der Waals surface area contributed by atoms with E-state index in [1.807, 2.05) is 0 Å². The molecule has 0 saturated heterocycles. The Morgan fingerprint density at radius 2 is 1.67 bits per heavy atom. The molecule has 158 valence electrons. The molecule has 0 fully saturated rings. The number of aromatic nitrogens is 2. The molecule has 0 bridgehead atoms. The minimum Gasteiger partial charge on any atom is -0.496 e. The number of carbonyl (C=O) groups excluding carboxylic acids is 1. The number of rotatable bonds is 8. The third-order valence-electron chi connectivity index (χ3n) is 4.73. The van der Waals surface area contributed by atoms with Crippen LogP contribution in [-0.2, 0) is 17.9 Å². The van der Waals surface area contributed by atoms with Crippen LogP contribution in [0.2, 0.25) is 0 Å². The number of para-hydroxylation sites is 1. The Kier molecular flexibility index (Phi) is 6.41. The summed E-state index contributed by atoms with van der Waals surface area (Å²) in [6.07, 6.45) is 0.0611. The van der Waals surface area contributed by atoms with Crippen LogP contribution >= 0.6 is 0 Å². The molecular formula is C21H23N3O6. The van der Waals surface area contributed by atoms with Crippen LogP contribution < -0.4 is 30.8 Å². The first-order valence-electron chi connectivity index (χ1n) is 9.26. The van der Waals surface area contributed by atoms with Crippen molar-refractivity contribution in [2.45, 2.75) is 19.5 Å². The van der Waals surface area contributed by atoms with E-state index in [0.29, 0.717) is 28.2 Å². The molecule has 3 rings (SSSR count). The lowest BCUT2D eigenvalue weighted by Crippen LogP contribution is -2.32. The highest BCUT2D eigenvalue weighted by Crippen LogP contribution is 2.34. The van der Waals surface area contributed by atoms with Gasteiger partial charge in [0.25, 0.3) is 5.56 Å². The highest BCUT2D eigenvalue weighted by molar-refractivity contribution is 5.79. The third-order valence-corrected chi connectivity index (χ3v) is 4.73. The van der Waals surface area contributed by atoms with E-state index in [1.54, 1.807) is 36.4 Å². The van der Waals surface area contributed by atoms with E-state index < -0.39 is 11.2 Å². The molecule has 9 heteroatoms. The lowest BCUT2D eigenvalue weighted by Gasteiger charge is -2.15. The van der Waals surface area contributed by atoms with Crippen LogP contribution in [0.3, 0.4) is 0 Å². The summed E-state index contributed by atoms with van der Waals surface area (Å²) < 4.78 is 17.3. The minimum absolute atomic E-state index is 0.0611. The van der Waals surface area contributed by atoms with Crippen molar-refractivity contribution in [1.82, 2.24) is 14.9 Å². The number of aromatic amines is 1. The summed E-state index contributed by atoms with van der Waals surface area (Å²) in [5.74, 6) is 1.34. The molecule has 0 spiro atoms. The summed E-state index contributed by atoms with van der Waals surface area (Å²) in [6.45, 7) is 0.342. The van der Waals surface area contributed by atoms with Crippen LogP contribution in [0.5, 0.6) is 17.2 Å². The van der Waals surface area contributed by atoms with Gasteiger partial charge in [0.05, 0.1) is 32.2 Å². The summed E-state index contributed by atoms with van der Waals surface area (Å²) >= 11 is 0. The summed E-state index contributed by atoms with van der Waals surface area (Å²) in [5.41, 5.74) is 0.209. The molecule has 9 nitrogen and oxygen atoms in total. The van der Waals surface area contributed by atoms with Crippen molar-refractivity contribution >= 4 is 16.8 Å². The number of ether oxygens (including phenoxy) is 3. The lowest BCUT2D eigenvalue weighted by atomic mass is 10.1. The van der Waals surface area contributed by atoms with Crippen molar-refractivity contribution in [2.24, 2.45) is 0 Å². The highest BCUT2D eigenvalue weighted by atomic mass is 16.5. The standard InChI is InChI=1S/C21H23N3O6/c1-28-16-11-18(30-3)17(29-2)10-13(16)12-22-19(25)8-9-24-15-7-5-4-6-14(15)20(26)23-21(24)27/h4-7,10-11H,8-9,12H2,1-3H3,(H,22,25)(H,23,26,27). The Bertz CT molecular complexity index is 1180. The molecule has 1 amide bonds. The van der Waals surface area contributed by atoms with Crippen LogP contribution in [-0.4, -0.2) is 36.8 Å². The number of aryl methyl sites for hydroxylation is 1. The predicted octanol–water partition coefficient (Wildman–Crippen LogP) is 1.42. The van der Waals surface area contributed by atoms with Crippen LogP contribution in [0.1, 0.15) is 12.0 Å². The van der Waals surface area contributed by atoms with E-state index in [2.05, 4.69) is 10.3 Å². The van der Waals surface area contributed by atoms with E-state index in [1.165, 1.54) is 25.9 Å². The zero-order chi connectivity index (χ0) is 21.7. The number of fused-ring (bicyclic) bond motifs is 1. The minimum atomic E-state index is -0.548. The second kappa shape index (κ2) is 9.17. The van der Waals surface area contributed by atoms with Gasteiger partial charge in [-0.15, -0.1) is 0 Å². The van der Waals surface area contributed by atoms with Gasteiger partial charge in [0.2, 0.25) is 5.91 Å². The van der Waals surface area contributed by atoms with Crippen molar-refractivity contribution in [3.05, 3.63) is 62.8 Å². The van der Waals surface area contributed by atoms with Gasteiger partial charge >= 0.3 is 5.69 Å². The Morgan fingerprint density at radius 3 is 2.37 bits per heavy atom. The molecule has 30 heavy (non-hydrogen) atoms. The molecule has 0 aliphatic rings. The molecule has 1 heterocycles. The van der Waals surface area contributed by atoms with Crippen molar-refractivity contribution in [3.63, 3.8) is 0 Å². The molecule has 3 aromatic rings. The fourth-order valence-electron chi connectivity index (χ4n) is 3.19. The van der Waals surface area contributed by atoms with Gasteiger partial charge < -0.3 is 19.5 Å². The van der Waals surface area contributed by atoms with Gasteiger partial charge in [-0.05, 0) is 18.2 Å². The van der Waals surface area contributed by atoms with Crippen molar-refractivity contribution in [1.29, 1.82) is 0 Å². The molecule has 0 aliphatic heterocycles. The smallest absolute Gasteiger partial charge is 0.328 e. The molecule has 2 N–H and O–H groups in total. The normalized spacial score (nSPS) is 10.6. The zero-order valence-electron chi connectivity index (χ0n) is 17.0. The van der Waals surface area contributed by atoms with E-state index in [0.717, 1.165) is 5.56 Å². The Morgan fingerprint density at radius 1 is 1.00 bits per heavy atom. The van der Waals surface area contributed by atoms with Crippen LogP contribution in [0.4, 0.5) is 0 Å². The van der Waals surface area contributed by atoms with Crippen molar-refractivity contribution in [3.8, 4) is 17.2 Å². The second-order valence-electron chi connectivity index (χ2n) is 6.47. The summed E-state index contributed by atoms with van der Waals surface area (Å²) in [6, 6.07) is 10.2. The van der Waals surface area contributed by atoms with Gasteiger partial charge in [-0.3, -0.25) is 19.1 Å². The average Bonchev–Trinajstić information content (AvgIpc) is 2.76. The lowest BCUT2D eigenvalue weighted by molar-refractivity contribution is -0.121. The molecule has 0 unspecified atom stereocenters. The third kappa shape index (κ3) is 4.29. The van der Waals surface area contributed by atoms with Gasteiger partial charge in [0.15, 0.2) is 11.5 Å². The van der Waals surface area contributed by atoms with Crippen molar-refractivity contribution < 1.29 is 19.0 Å². The average molecular weight is 413 g/mol. The van der Waals surface area contributed by atoms with E-state index in [4.69, 9.17) is 14.2 Å². The number of hydrogen-bond acceptors (Lipinski definition) is 6. The van der Waals surface area contributed by atoms with Gasteiger partial charge in [-0.25, -0.2) is 4.79 Å². The first kappa shape index (κ1) is 21.0. The van der Waals surface area contributed by atoms with Crippen LogP contribution in [0, 0.1) is 0 Å². The van der Waals surface area contributed by atoms with Gasteiger partial charge in [-0.2, -0.15) is 0 Å². The fourth-order valence-corrected chi connectivity index (χ4v) is 3.19. The Balaban J connectivity index is 1.72. The van der Waals surface area contributed by atoms with Crippen LogP contribution in [0.15, 0.2) is 46.0 Å². The second-order valence-corrected chi connectivity index (χ2v) is 6.47. The number of amides is 1. The number of methoxy groups -OCH3 is 3. The summed E-state index contributed by atoms with van der Waals surface area (Å²) in [5, 5.41) is 3.20. The number of hydrogen-bond donors (Lipinski definition) is 2. The highest BCUT2D eigenvalue weighted by Gasteiger charge is 2.13. The molecular weight excluding hydrogens is 390 g/mol. The van der Waals surface area contributed by atoms with E-state index in [-0.39, 0.29) is 25.4 Å². The maximum Gasteiger partial charge on any atom is 0.328 e. The quantitative estimate of drug-likeness (QED) is 0.578. The Labute approximate surface area is 172 Å². The number of carbonyl (C=O) groups is 1. The first-order valence-corrected chi connectivity index (χ1v) is 9.26.